The van der Waals surface area contributed by atoms with Gasteiger partial charge in [-0.05, 0) is 18.2 Å². The van der Waals surface area contributed by atoms with Gasteiger partial charge in [-0.1, -0.05) is 17.4 Å². The van der Waals surface area contributed by atoms with E-state index in [0.717, 1.165) is 12.1 Å². The van der Waals surface area contributed by atoms with Gasteiger partial charge in [0.25, 0.3) is 0 Å². The van der Waals surface area contributed by atoms with Gasteiger partial charge >= 0.3 is 6.18 Å². The fourth-order valence-corrected chi connectivity index (χ4v) is 1.76. The Morgan fingerprint density at radius 1 is 1.35 bits per heavy atom. The maximum Gasteiger partial charge on any atom is 0.416 e. The van der Waals surface area contributed by atoms with Gasteiger partial charge in [-0.15, -0.1) is 0 Å². The van der Waals surface area contributed by atoms with Crippen LogP contribution in [-0.4, -0.2) is 10.1 Å². The number of nitrogens with two attached hydrogens (primary N) is 1. The Balaban J connectivity index is 2.26. The van der Waals surface area contributed by atoms with Crippen LogP contribution in [0.25, 0.3) is 0 Å². The topological polar surface area (TPSA) is 64.1 Å². The minimum absolute atomic E-state index is 0.112. The Bertz CT molecular complexity index is 611. The van der Waals surface area contributed by atoms with Gasteiger partial charge < -0.3 is 15.6 Å². The van der Waals surface area contributed by atoms with Crippen molar-refractivity contribution in [3.8, 4) is 0 Å². The monoisotopic (exact) mass is 301 g/mol. The van der Waals surface area contributed by atoms with Crippen molar-refractivity contribution < 1.29 is 17.7 Å². The molecule has 2 aromatic rings. The Kier molecular flexibility index (Phi) is 3.93. The highest BCUT2D eigenvalue weighted by Crippen LogP contribution is 2.32. The number of benzene rings is 1. The van der Waals surface area contributed by atoms with Crippen LogP contribution in [0.4, 0.5) is 18.9 Å². The van der Waals surface area contributed by atoms with Crippen molar-refractivity contribution in [3.63, 3.8) is 0 Å². The van der Waals surface area contributed by atoms with Gasteiger partial charge in [-0.2, -0.15) is 13.2 Å². The van der Waals surface area contributed by atoms with Crippen molar-refractivity contribution in [2.75, 3.05) is 5.32 Å². The third kappa shape index (κ3) is 3.27. The molecule has 0 aliphatic rings. The van der Waals surface area contributed by atoms with Crippen LogP contribution < -0.4 is 11.1 Å². The zero-order valence-electron chi connectivity index (χ0n) is 10.1. The van der Waals surface area contributed by atoms with Gasteiger partial charge in [0.2, 0.25) is 0 Å². The van der Waals surface area contributed by atoms with Crippen LogP contribution in [0.2, 0.25) is 0 Å². The molecule has 3 N–H and O–H groups in total. The minimum Gasteiger partial charge on any atom is -0.389 e. The maximum atomic E-state index is 12.6. The standard InChI is InChI=1S/C12H10F3N3OS/c13-12(14,15)7-1-2-10(9(5-7)11(16)20)17-6-8-3-4-19-18-8/h1-5,17H,6H2,(H2,16,20). The summed E-state index contributed by atoms with van der Waals surface area (Å²) in [6.45, 7) is 0.289. The normalized spacial score (nSPS) is 11.3. The summed E-state index contributed by atoms with van der Waals surface area (Å²) >= 11 is 4.78. The number of hydrogen-bond acceptors (Lipinski definition) is 4. The van der Waals surface area contributed by atoms with E-state index in [-0.39, 0.29) is 17.1 Å². The first kappa shape index (κ1) is 14.3. The highest BCUT2D eigenvalue weighted by atomic mass is 32.1. The molecule has 0 saturated carbocycles. The molecular formula is C12H10F3N3OS. The van der Waals surface area contributed by atoms with E-state index in [1.807, 2.05) is 0 Å². The number of hydrogen-bond donors (Lipinski definition) is 2. The summed E-state index contributed by atoms with van der Waals surface area (Å²) in [6.07, 6.45) is -3.04. The molecular weight excluding hydrogens is 291 g/mol. The van der Waals surface area contributed by atoms with Gasteiger partial charge in [0.1, 0.15) is 16.9 Å². The molecule has 0 aliphatic carbocycles. The number of thiocarbonyl (C=S) groups is 1. The van der Waals surface area contributed by atoms with Gasteiger partial charge in [0, 0.05) is 17.3 Å². The fraction of sp³-hybridized carbons (Fsp3) is 0.167. The predicted octanol–water partition coefficient (Wildman–Crippen LogP) is 2.94. The number of aromatic nitrogens is 1. The summed E-state index contributed by atoms with van der Waals surface area (Å²) in [7, 11) is 0. The molecule has 0 bridgehead atoms. The smallest absolute Gasteiger partial charge is 0.389 e. The quantitative estimate of drug-likeness (QED) is 0.850. The molecule has 8 heteroatoms. The van der Waals surface area contributed by atoms with E-state index in [1.54, 1.807) is 6.07 Å². The lowest BCUT2D eigenvalue weighted by atomic mass is 10.1. The maximum absolute atomic E-state index is 12.6. The zero-order valence-corrected chi connectivity index (χ0v) is 10.9. The fourth-order valence-electron chi connectivity index (χ4n) is 1.59. The lowest BCUT2D eigenvalue weighted by molar-refractivity contribution is -0.137. The molecule has 1 heterocycles. The zero-order chi connectivity index (χ0) is 14.8. The van der Waals surface area contributed by atoms with Crippen molar-refractivity contribution in [1.29, 1.82) is 0 Å². The first-order valence-electron chi connectivity index (χ1n) is 5.52. The number of anilines is 1. The van der Waals surface area contributed by atoms with Crippen LogP contribution in [0.15, 0.2) is 35.1 Å². The van der Waals surface area contributed by atoms with E-state index in [0.29, 0.717) is 11.4 Å². The summed E-state index contributed by atoms with van der Waals surface area (Å²) in [5.41, 5.74) is 5.82. The molecule has 0 unspecified atom stereocenters. The van der Waals surface area contributed by atoms with Crippen molar-refractivity contribution in [2.24, 2.45) is 5.73 Å². The summed E-state index contributed by atoms with van der Waals surface area (Å²) < 4.78 is 42.6. The molecule has 4 nitrogen and oxygen atoms in total. The molecule has 0 saturated heterocycles. The summed E-state index contributed by atoms with van der Waals surface area (Å²) in [5, 5.41) is 6.60. The van der Waals surface area contributed by atoms with Crippen LogP contribution in [0, 0.1) is 0 Å². The third-order valence-electron chi connectivity index (χ3n) is 2.56. The van der Waals surface area contributed by atoms with Crippen molar-refractivity contribution in [1.82, 2.24) is 5.16 Å². The number of nitrogens with one attached hydrogen (secondary N) is 1. The SMILES string of the molecule is NC(=S)c1cc(C(F)(F)F)ccc1NCc1ccon1. The van der Waals surface area contributed by atoms with E-state index < -0.39 is 11.7 Å². The lowest BCUT2D eigenvalue weighted by Crippen LogP contribution is -2.15. The molecule has 1 aromatic heterocycles. The van der Waals surface area contributed by atoms with E-state index >= 15 is 0 Å². The van der Waals surface area contributed by atoms with Crippen molar-refractivity contribution in [2.45, 2.75) is 12.7 Å². The van der Waals surface area contributed by atoms with E-state index in [4.69, 9.17) is 18.0 Å². The molecule has 0 spiro atoms. The second kappa shape index (κ2) is 5.49. The highest BCUT2D eigenvalue weighted by Gasteiger charge is 2.31. The number of alkyl halides is 3. The van der Waals surface area contributed by atoms with Crippen LogP contribution >= 0.6 is 12.2 Å². The Morgan fingerprint density at radius 3 is 2.65 bits per heavy atom. The summed E-state index contributed by atoms with van der Waals surface area (Å²) in [4.78, 5) is -0.112. The molecule has 1 aromatic carbocycles. The second-order valence-corrected chi connectivity index (χ2v) is 4.41. The Morgan fingerprint density at radius 2 is 2.10 bits per heavy atom. The molecule has 0 fully saturated rings. The van der Waals surface area contributed by atoms with Crippen molar-refractivity contribution in [3.05, 3.63) is 47.3 Å². The third-order valence-corrected chi connectivity index (χ3v) is 2.78. The highest BCUT2D eigenvalue weighted by molar-refractivity contribution is 7.80. The second-order valence-electron chi connectivity index (χ2n) is 3.97. The minimum atomic E-state index is -4.44. The van der Waals surface area contributed by atoms with Crippen LogP contribution in [0.5, 0.6) is 0 Å². The first-order chi connectivity index (χ1) is 9.38. The molecule has 2 rings (SSSR count). The molecule has 106 valence electrons. The Labute approximate surface area is 117 Å². The number of rotatable bonds is 4. The predicted molar refractivity (Wildman–Crippen MR) is 71.2 cm³/mol. The van der Waals surface area contributed by atoms with E-state index in [2.05, 4.69) is 15.0 Å². The molecule has 20 heavy (non-hydrogen) atoms. The van der Waals surface area contributed by atoms with Crippen LogP contribution in [0.1, 0.15) is 16.8 Å². The summed E-state index contributed by atoms with van der Waals surface area (Å²) in [5.74, 6) is 0. The van der Waals surface area contributed by atoms with E-state index in [1.165, 1.54) is 12.3 Å². The van der Waals surface area contributed by atoms with Crippen LogP contribution in [0.3, 0.4) is 0 Å². The number of nitrogens with zero attached hydrogens (tertiary/aromatic N) is 1. The van der Waals surface area contributed by atoms with Crippen molar-refractivity contribution >= 4 is 22.9 Å². The average Bonchev–Trinajstić information content (AvgIpc) is 2.88. The van der Waals surface area contributed by atoms with Gasteiger partial charge in [-0.25, -0.2) is 0 Å². The van der Waals surface area contributed by atoms with Crippen LogP contribution in [-0.2, 0) is 12.7 Å². The molecule has 0 radical (unpaired) electrons. The molecule has 0 aliphatic heterocycles. The summed E-state index contributed by atoms with van der Waals surface area (Å²) in [6, 6.07) is 4.81. The molecule has 0 atom stereocenters. The van der Waals surface area contributed by atoms with Gasteiger partial charge in [-0.3, -0.25) is 0 Å². The first-order valence-corrected chi connectivity index (χ1v) is 5.93. The molecule has 0 amide bonds. The average molecular weight is 301 g/mol. The Hall–Kier alpha value is -2.09. The largest absolute Gasteiger partial charge is 0.416 e. The number of halogens is 3. The van der Waals surface area contributed by atoms with Gasteiger partial charge in [0.05, 0.1) is 12.1 Å². The van der Waals surface area contributed by atoms with Gasteiger partial charge in [0.15, 0.2) is 0 Å². The van der Waals surface area contributed by atoms with E-state index in [9.17, 15) is 13.2 Å². The lowest BCUT2D eigenvalue weighted by Gasteiger charge is -2.13.